The topological polar surface area (TPSA) is 70.0 Å². The maximum absolute atomic E-state index is 11.8. The van der Waals surface area contributed by atoms with Crippen LogP contribution in [0.5, 0.6) is 0 Å². The van der Waals surface area contributed by atoms with Crippen molar-refractivity contribution in [2.75, 3.05) is 19.7 Å². The number of rotatable bonds is 1. The van der Waals surface area contributed by atoms with Crippen molar-refractivity contribution in [1.29, 1.82) is 0 Å². The van der Waals surface area contributed by atoms with Crippen molar-refractivity contribution in [1.82, 2.24) is 4.90 Å². The van der Waals surface area contributed by atoms with Gasteiger partial charge in [-0.05, 0) is 33.6 Å². The van der Waals surface area contributed by atoms with Crippen LogP contribution < -0.4 is 0 Å². The molecule has 0 aliphatic carbocycles. The zero-order valence-electron chi connectivity index (χ0n) is 10.8. The first-order valence-corrected chi connectivity index (χ1v) is 6.10. The van der Waals surface area contributed by atoms with Crippen molar-refractivity contribution in [3.63, 3.8) is 0 Å². The number of carbonyl (C=O) groups excluding carboxylic acids is 1. The summed E-state index contributed by atoms with van der Waals surface area (Å²) in [6, 6.07) is 0. The molecule has 2 atom stereocenters. The van der Waals surface area contributed by atoms with E-state index in [0.29, 0.717) is 25.9 Å². The fraction of sp³-hybridized carbons (Fsp3) is 0.917. The van der Waals surface area contributed by atoms with E-state index in [2.05, 4.69) is 0 Å². The van der Waals surface area contributed by atoms with Crippen molar-refractivity contribution in [2.24, 2.45) is 5.92 Å². The average molecular weight is 245 g/mol. The lowest BCUT2D eigenvalue weighted by molar-refractivity contribution is 0.0251. The van der Waals surface area contributed by atoms with Gasteiger partial charge in [-0.15, -0.1) is 0 Å². The van der Waals surface area contributed by atoms with Crippen LogP contribution in [-0.4, -0.2) is 52.6 Å². The van der Waals surface area contributed by atoms with Crippen molar-refractivity contribution in [3.8, 4) is 0 Å². The Kier molecular flexibility index (Phi) is 4.77. The molecule has 0 aromatic rings. The van der Waals surface area contributed by atoms with Crippen LogP contribution >= 0.6 is 0 Å². The van der Waals surface area contributed by atoms with Gasteiger partial charge in [0.2, 0.25) is 0 Å². The smallest absolute Gasteiger partial charge is 0.410 e. The molecule has 1 aliphatic heterocycles. The van der Waals surface area contributed by atoms with Crippen LogP contribution in [0.25, 0.3) is 0 Å². The largest absolute Gasteiger partial charge is 0.444 e. The normalized spacial score (nSPS) is 26.5. The summed E-state index contributed by atoms with van der Waals surface area (Å²) in [5, 5.41) is 18.8. The maximum atomic E-state index is 11.8. The first kappa shape index (κ1) is 14.3. The lowest BCUT2D eigenvalue weighted by atomic mass is 9.99. The Bertz CT molecular complexity index is 262. The molecule has 5 heteroatoms. The first-order chi connectivity index (χ1) is 7.83. The molecular weight excluding hydrogens is 222 g/mol. The molecule has 1 rings (SSSR count). The summed E-state index contributed by atoms with van der Waals surface area (Å²) in [7, 11) is 0. The predicted octanol–water partition coefficient (Wildman–Crippen LogP) is 0.987. The van der Waals surface area contributed by atoms with E-state index in [0.717, 1.165) is 0 Å². The third kappa shape index (κ3) is 4.52. The Hall–Kier alpha value is -0.810. The highest BCUT2D eigenvalue weighted by Gasteiger charge is 2.28. The van der Waals surface area contributed by atoms with Gasteiger partial charge in [-0.25, -0.2) is 4.79 Å². The highest BCUT2D eigenvalue weighted by molar-refractivity contribution is 5.68. The molecule has 0 aromatic heterocycles. The summed E-state index contributed by atoms with van der Waals surface area (Å²) in [4.78, 5) is 13.4. The number of hydrogen-bond donors (Lipinski definition) is 2. The van der Waals surface area contributed by atoms with Crippen molar-refractivity contribution < 1.29 is 19.7 Å². The van der Waals surface area contributed by atoms with Gasteiger partial charge in [-0.1, -0.05) is 0 Å². The third-order valence-corrected chi connectivity index (χ3v) is 2.89. The number of ether oxygens (including phenoxy) is 1. The number of carbonyl (C=O) groups is 1. The zero-order chi connectivity index (χ0) is 13.1. The van der Waals surface area contributed by atoms with Crippen LogP contribution in [0.4, 0.5) is 4.79 Å². The monoisotopic (exact) mass is 245 g/mol. The lowest BCUT2D eigenvalue weighted by Gasteiger charge is -2.26. The van der Waals surface area contributed by atoms with Crippen LogP contribution in [0.1, 0.15) is 33.6 Å². The van der Waals surface area contributed by atoms with E-state index in [4.69, 9.17) is 9.84 Å². The molecule has 0 saturated carbocycles. The lowest BCUT2D eigenvalue weighted by Crippen LogP contribution is -2.37. The maximum Gasteiger partial charge on any atom is 0.410 e. The molecule has 1 saturated heterocycles. The summed E-state index contributed by atoms with van der Waals surface area (Å²) in [5.41, 5.74) is -0.502. The Morgan fingerprint density at radius 1 is 1.35 bits per heavy atom. The van der Waals surface area contributed by atoms with E-state index >= 15 is 0 Å². The SMILES string of the molecule is CC(C)(C)OC(=O)N1CCC(O)C(CO)CC1. The van der Waals surface area contributed by atoms with E-state index in [1.807, 2.05) is 20.8 Å². The molecule has 0 radical (unpaired) electrons. The number of likely N-dealkylation sites (tertiary alicyclic amines) is 1. The van der Waals surface area contributed by atoms with Gasteiger partial charge in [0, 0.05) is 25.6 Å². The molecule has 100 valence electrons. The number of aliphatic hydroxyl groups excluding tert-OH is 2. The van der Waals surface area contributed by atoms with E-state index in [-0.39, 0.29) is 18.6 Å². The molecule has 2 N–H and O–H groups in total. The van der Waals surface area contributed by atoms with Crippen LogP contribution in [0.3, 0.4) is 0 Å². The second-order valence-corrected chi connectivity index (χ2v) is 5.55. The summed E-state index contributed by atoms with van der Waals surface area (Å²) >= 11 is 0. The van der Waals surface area contributed by atoms with Gasteiger partial charge >= 0.3 is 6.09 Å². The molecule has 17 heavy (non-hydrogen) atoms. The van der Waals surface area contributed by atoms with Gasteiger partial charge in [0.15, 0.2) is 0 Å². The fourth-order valence-corrected chi connectivity index (χ4v) is 1.87. The molecule has 5 nitrogen and oxygen atoms in total. The molecule has 0 bridgehead atoms. The van der Waals surface area contributed by atoms with Crippen LogP contribution in [0.15, 0.2) is 0 Å². The van der Waals surface area contributed by atoms with Crippen molar-refractivity contribution in [3.05, 3.63) is 0 Å². The van der Waals surface area contributed by atoms with Crippen LogP contribution in [-0.2, 0) is 4.74 Å². The number of hydrogen-bond acceptors (Lipinski definition) is 4. The second kappa shape index (κ2) is 5.69. The Labute approximate surface area is 102 Å². The highest BCUT2D eigenvalue weighted by atomic mass is 16.6. The third-order valence-electron chi connectivity index (χ3n) is 2.89. The van der Waals surface area contributed by atoms with E-state index in [1.165, 1.54) is 0 Å². The summed E-state index contributed by atoms with van der Waals surface area (Å²) in [5.74, 6) is -0.137. The minimum absolute atomic E-state index is 0.0384. The van der Waals surface area contributed by atoms with Crippen molar-refractivity contribution >= 4 is 6.09 Å². The number of amides is 1. The standard InChI is InChI=1S/C12H23NO4/c1-12(2,3)17-11(16)13-6-4-9(8-14)10(15)5-7-13/h9-10,14-15H,4-8H2,1-3H3. The van der Waals surface area contributed by atoms with E-state index in [1.54, 1.807) is 4.90 Å². The predicted molar refractivity (Wildman–Crippen MR) is 63.6 cm³/mol. The molecule has 1 aliphatic rings. The highest BCUT2D eigenvalue weighted by Crippen LogP contribution is 2.19. The summed E-state index contributed by atoms with van der Waals surface area (Å²) in [6.07, 6.45) is 0.220. The fourth-order valence-electron chi connectivity index (χ4n) is 1.87. The van der Waals surface area contributed by atoms with Gasteiger partial charge in [0.1, 0.15) is 5.60 Å². The van der Waals surface area contributed by atoms with Gasteiger partial charge in [-0.3, -0.25) is 0 Å². The molecular formula is C12H23NO4. The summed E-state index contributed by atoms with van der Waals surface area (Å²) < 4.78 is 5.28. The van der Waals surface area contributed by atoms with Crippen LogP contribution in [0.2, 0.25) is 0 Å². The Morgan fingerprint density at radius 2 is 1.94 bits per heavy atom. The average Bonchev–Trinajstić information content (AvgIpc) is 2.37. The zero-order valence-corrected chi connectivity index (χ0v) is 10.8. The molecule has 1 fully saturated rings. The second-order valence-electron chi connectivity index (χ2n) is 5.55. The molecule has 0 aromatic carbocycles. The van der Waals surface area contributed by atoms with Crippen LogP contribution in [0, 0.1) is 5.92 Å². The van der Waals surface area contributed by atoms with Gasteiger partial charge in [0.25, 0.3) is 0 Å². The molecule has 0 spiro atoms. The van der Waals surface area contributed by atoms with Gasteiger partial charge in [-0.2, -0.15) is 0 Å². The molecule has 2 unspecified atom stereocenters. The number of aliphatic hydroxyl groups is 2. The van der Waals surface area contributed by atoms with Gasteiger partial charge in [0.05, 0.1) is 6.10 Å². The summed E-state index contributed by atoms with van der Waals surface area (Å²) in [6.45, 7) is 6.45. The number of nitrogens with zero attached hydrogens (tertiary/aromatic N) is 1. The Balaban J connectivity index is 2.53. The minimum atomic E-state index is -0.535. The molecule has 1 heterocycles. The minimum Gasteiger partial charge on any atom is -0.444 e. The Morgan fingerprint density at radius 3 is 2.47 bits per heavy atom. The molecule has 1 amide bonds. The van der Waals surface area contributed by atoms with Crippen molar-refractivity contribution in [2.45, 2.75) is 45.3 Å². The first-order valence-electron chi connectivity index (χ1n) is 6.10. The quantitative estimate of drug-likeness (QED) is 0.722. The van der Waals surface area contributed by atoms with E-state index in [9.17, 15) is 9.90 Å². The van der Waals surface area contributed by atoms with E-state index < -0.39 is 11.7 Å². The van der Waals surface area contributed by atoms with Gasteiger partial charge < -0.3 is 19.8 Å².